The van der Waals surface area contributed by atoms with Gasteiger partial charge in [0.25, 0.3) is 0 Å². The van der Waals surface area contributed by atoms with Gasteiger partial charge in [-0.25, -0.2) is 9.97 Å². The van der Waals surface area contributed by atoms with Crippen molar-refractivity contribution in [1.29, 1.82) is 0 Å². The summed E-state index contributed by atoms with van der Waals surface area (Å²) in [6.07, 6.45) is 7.13. The Morgan fingerprint density at radius 3 is 2.61 bits per heavy atom. The lowest BCUT2D eigenvalue weighted by Crippen LogP contribution is -2.16. The predicted molar refractivity (Wildman–Crippen MR) is 71.9 cm³/mol. The van der Waals surface area contributed by atoms with E-state index < -0.39 is 0 Å². The van der Waals surface area contributed by atoms with Crippen LogP contribution in [0, 0.1) is 0 Å². The molecule has 18 heavy (non-hydrogen) atoms. The SMILES string of the molecule is CNCCCNc1ncc(C2CCOCC2)cn1. The Bertz CT molecular complexity index is 335. The number of nitrogens with zero attached hydrogens (tertiary/aromatic N) is 2. The molecule has 1 saturated heterocycles. The van der Waals surface area contributed by atoms with Gasteiger partial charge >= 0.3 is 0 Å². The number of ether oxygens (including phenoxy) is 1. The number of hydrogen-bond acceptors (Lipinski definition) is 5. The van der Waals surface area contributed by atoms with E-state index in [0.717, 1.165) is 51.5 Å². The summed E-state index contributed by atoms with van der Waals surface area (Å²) in [6, 6.07) is 0. The first-order valence-electron chi connectivity index (χ1n) is 6.68. The molecule has 5 heteroatoms. The zero-order valence-electron chi connectivity index (χ0n) is 11.0. The number of rotatable bonds is 6. The van der Waals surface area contributed by atoms with Crippen LogP contribution in [0.25, 0.3) is 0 Å². The Kier molecular flexibility index (Phi) is 5.36. The largest absolute Gasteiger partial charge is 0.381 e. The highest BCUT2D eigenvalue weighted by Gasteiger charge is 2.16. The van der Waals surface area contributed by atoms with Crippen molar-refractivity contribution in [1.82, 2.24) is 15.3 Å². The van der Waals surface area contributed by atoms with Crippen molar-refractivity contribution in [2.75, 3.05) is 38.7 Å². The molecule has 1 aliphatic rings. The van der Waals surface area contributed by atoms with E-state index in [9.17, 15) is 0 Å². The van der Waals surface area contributed by atoms with Gasteiger partial charge in [-0.05, 0) is 44.3 Å². The van der Waals surface area contributed by atoms with Gasteiger partial charge in [0.2, 0.25) is 5.95 Å². The fourth-order valence-corrected chi connectivity index (χ4v) is 2.14. The minimum Gasteiger partial charge on any atom is -0.381 e. The molecule has 0 aliphatic carbocycles. The monoisotopic (exact) mass is 250 g/mol. The van der Waals surface area contributed by atoms with Crippen LogP contribution in [-0.2, 0) is 4.74 Å². The van der Waals surface area contributed by atoms with Crippen LogP contribution in [0.4, 0.5) is 5.95 Å². The van der Waals surface area contributed by atoms with Gasteiger partial charge in [-0.3, -0.25) is 0 Å². The van der Waals surface area contributed by atoms with Crippen molar-refractivity contribution >= 4 is 5.95 Å². The molecule has 0 saturated carbocycles. The Morgan fingerprint density at radius 1 is 1.22 bits per heavy atom. The van der Waals surface area contributed by atoms with Crippen LogP contribution in [0.15, 0.2) is 12.4 Å². The average Bonchev–Trinajstić information content (AvgIpc) is 2.45. The number of nitrogens with one attached hydrogen (secondary N) is 2. The maximum absolute atomic E-state index is 5.36. The van der Waals surface area contributed by atoms with Crippen LogP contribution in [0.3, 0.4) is 0 Å². The maximum Gasteiger partial charge on any atom is 0.222 e. The summed E-state index contributed by atoms with van der Waals surface area (Å²) in [5.41, 5.74) is 1.24. The zero-order chi connectivity index (χ0) is 12.6. The summed E-state index contributed by atoms with van der Waals surface area (Å²) in [5.74, 6) is 1.29. The molecule has 2 heterocycles. The van der Waals surface area contributed by atoms with Crippen LogP contribution in [0.1, 0.15) is 30.7 Å². The summed E-state index contributed by atoms with van der Waals surface area (Å²) in [5, 5.41) is 6.34. The fourth-order valence-electron chi connectivity index (χ4n) is 2.14. The van der Waals surface area contributed by atoms with Gasteiger partial charge in [-0.15, -0.1) is 0 Å². The van der Waals surface area contributed by atoms with Crippen LogP contribution >= 0.6 is 0 Å². The molecule has 0 atom stereocenters. The van der Waals surface area contributed by atoms with Gasteiger partial charge in [0, 0.05) is 32.2 Å². The first kappa shape index (κ1) is 13.2. The lowest BCUT2D eigenvalue weighted by Gasteiger charge is -2.21. The van der Waals surface area contributed by atoms with E-state index in [1.54, 1.807) is 0 Å². The zero-order valence-corrected chi connectivity index (χ0v) is 11.0. The van der Waals surface area contributed by atoms with Gasteiger partial charge in [0.15, 0.2) is 0 Å². The van der Waals surface area contributed by atoms with E-state index in [4.69, 9.17) is 4.74 Å². The van der Waals surface area contributed by atoms with Gasteiger partial charge in [-0.1, -0.05) is 0 Å². The van der Waals surface area contributed by atoms with Gasteiger partial charge < -0.3 is 15.4 Å². The summed E-state index contributed by atoms with van der Waals surface area (Å²) >= 11 is 0. The molecular weight excluding hydrogens is 228 g/mol. The van der Waals surface area contributed by atoms with Gasteiger partial charge in [-0.2, -0.15) is 0 Å². The number of hydrogen-bond donors (Lipinski definition) is 2. The summed E-state index contributed by atoms with van der Waals surface area (Å²) in [4.78, 5) is 8.74. The first-order valence-corrected chi connectivity index (χ1v) is 6.68. The lowest BCUT2D eigenvalue weighted by molar-refractivity contribution is 0.0852. The van der Waals surface area contributed by atoms with Crippen molar-refractivity contribution in [2.45, 2.75) is 25.2 Å². The second-order valence-electron chi connectivity index (χ2n) is 4.61. The Hall–Kier alpha value is -1.20. The summed E-state index contributed by atoms with van der Waals surface area (Å²) < 4.78 is 5.36. The third kappa shape index (κ3) is 3.92. The highest BCUT2D eigenvalue weighted by Crippen LogP contribution is 2.25. The van der Waals surface area contributed by atoms with Crippen LogP contribution < -0.4 is 10.6 Å². The van der Waals surface area contributed by atoms with Crippen molar-refractivity contribution in [3.05, 3.63) is 18.0 Å². The molecule has 0 spiro atoms. The average molecular weight is 250 g/mol. The molecular formula is C13H22N4O. The van der Waals surface area contributed by atoms with E-state index in [-0.39, 0.29) is 0 Å². The van der Waals surface area contributed by atoms with E-state index in [1.807, 2.05) is 19.4 Å². The molecule has 0 bridgehead atoms. The number of aromatic nitrogens is 2. The number of anilines is 1. The Balaban J connectivity index is 1.81. The van der Waals surface area contributed by atoms with Crippen molar-refractivity contribution in [3.63, 3.8) is 0 Å². The third-order valence-corrected chi connectivity index (χ3v) is 3.25. The molecule has 5 nitrogen and oxygen atoms in total. The van der Waals surface area contributed by atoms with Gasteiger partial charge in [0.1, 0.15) is 0 Å². The van der Waals surface area contributed by atoms with Crippen LogP contribution in [0.5, 0.6) is 0 Å². The highest BCUT2D eigenvalue weighted by molar-refractivity contribution is 5.25. The minimum absolute atomic E-state index is 0.567. The van der Waals surface area contributed by atoms with E-state index in [2.05, 4.69) is 20.6 Å². The predicted octanol–water partition coefficient (Wildman–Crippen LogP) is 1.39. The molecule has 0 unspecified atom stereocenters. The van der Waals surface area contributed by atoms with Crippen LogP contribution in [-0.4, -0.2) is 43.3 Å². The molecule has 1 aromatic rings. The standard InChI is InChI=1S/C13H22N4O/c1-14-5-2-6-15-13-16-9-12(10-17-13)11-3-7-18-8-4-11/h9-11,14H,2-8H2,1H3,(H,15,16,17). The fraction of sp³-hybridized carbons (Fsp3) is 0.692. The molecule has 0 radical (unpaired) electrons. The topological polar surface area (TPSA) is 59.1 Å². The molecule has 1 aromatic heterocycles. The lowest BCUT2D eigenvalue weighted by atomic mass is 9.94. The van der Waals surface area contributed by atoms with Crippen molar-refractivity contribution in [2.24, 2.45) is 0 Å². The molecule has 1 aliphatic heterocycles. The normalized spacial score (nSPS) is 16.7. The Labute approximate surface area is 108 Å². The molecule has 1 fully saturated rings. The van der Waals surface area contributed by atoms with E-state index >= 15 is 0 Å². The van der Waals surface area contributed by atoms with Crippen LogP contribution in [0.2, 0.25) is 0 Å². The molecule has 0 aromatic carbocycles. The quantitative estimate of drug-likeness (QED) is 0.747. The van der Waals surface area contributed by atoms with E-state index in [1.165, 1.54) is 5.56 Å². The molecule has 0 amide bonds. The van der Waals surface area contributed by atoms with Gasteiger partial charge in [0.05, 0.1) is 0 Å². The van der Waals surface area contributed by atoms with Crippen molar-refractivity contribution in [3.8, 4) is 0 Å². The molecule has 2 rings (SSSR count). The summed E-state index contributed by atoms with van der Waals surface area (Å²) in [7, 11) is 1.96. The Morgan fingerprint density at radius 2 is 1.94 bits per heavy atom. The highest BCUT2D eigenvalue weighted by atomic mass is 16.5. The minimum atomic E-state index is 0.567. The van der Waals surface area contributed by atoms with Crippen molar-refractivity contribution < 1.29 is 4.74 Å². The maximum atomic E-state index is 5.36. The molecule has 2 N–H and O–H groups in total. The summed E-state index contributed by atoms with van der Waals surface area (Å²) in [6.45, 7) is 3.62. The van der Waals surface area contributed by atoms with E-state index in [0.29, 0.717) is 5.92 Å². The second kappa shape index (κ2) is 7.28. The second-order valence-corrected chi connectivity index (χ2v) is 4.61. The third-order valence-electron chi connectivity index (χ3n) is 3.25. The first-order chi connectivity index (χ1) is 8.90. The molecule has 100 valence electrons. The smallest absolute Gasteiger partial charge is 0.222 e.